The number of hydrogen-bond acceptors (Lipinski definition) is 4. The molecule has 0 atom stereocenters. The number of rotatable bonds is 4. The Bertz CT molecular complexity index is 777. The molecule has 7 heteroatoms. The molecule has 0 radical (unpaired) electrons. The SMILES string of the molecule is Cc1ccc(C)c(OCC(=O)NNC(=O)c2cc(Cl)ccc2O)c1. The summed E-state index contributed by atoms with van der Waals surface area (Å²) >= 11 is 5.77. The Kier molecular flexibility index (Phi) is 5.65. The standard InChI is InChI=1S/C17H17ClN2O4/c1-10-3-4-11(2)15(7-10)24-9-16(22)19-20-17(23)13-8-12(18)5-6-14(13)21/h3-8,21H,9H2,1-2H3,(H,19,22)(H,20,23). The molecule has 0 heterocycles. The molecule has 6 nitrogen and oxygen atoms in total. The largest absolute Gasteiger partial charge is 0.507 e. The third kappa shape index (κ3) is 4.63. The van der Waals surface area contributed by atoms with E-state index in [-0.39, 0.29) is 17.9 Å². The van der Waals surface area contributed by atoms with Crippen molar-refractivity contribution in [1.82, 2.24) is 10.9 Å². The average molecular weight is 349 g/mol. The molecule has 0 aliphatic rings. The fraction of sp³-hybridized carbons (Fsp3) is 0.176. The number of nitrogens with one attached hydrogen (secondary N) is 2. The van der Waals surface area contributed by atoms with Crippen LogP contribution in [-0.4, -0.2) is 23.5 Å². The lowest BCUT2D eigenvalue weighted by Crippen LogP contribution is -2.43. The minimum Gasteiger partial charge on any atom is -0.507 e. The fourth-order valence-corrected chi connectivity index (χ4v) is 2.10. The zero-order chi connectivity index (χ0) is 17.7. The lowest BCUT2D eigenvalue weighted by Gasteiger charge is -2.11. The van der Waals surface area contributed by atoms with Gasteiger partial charge in [0, 0.05) is 5.02 Å². The van der Waals surface area contributed by atoms with E-state index in [0.29, 0.717) is 10.8 Å². The number of hydrogen-bond donors (Lipinski definition) is 3. The molecule has 0 saturated heterocycles. The van der Waals surface area contributed by atoms with Crippen LogP contribution in [0.3, 0.4) is 0 Å². The topological polar surface area (TPSA) is 87.7 Å². The minimum absolute atomic E-state index is 0.0433. The lowest BCUT2D eigenvalue weighted by molar-refractivity contribution is -0.123. The zero-order valence-corrected chi connectivity index (χ0v) is 14.0. The van der Waals surface area contributed by atoms with Crippen LogP contribution in [0.2, 0.25) is 5.02 Å². The van der Waals surface area contributed by atoms with E-state index in [9.17, 15) is 14.7 Å². The first-order chi connectivity index (χ1) is 11.4. The first-order valence-electron chi connectivity index (χ1n) is 7.14. The molecule has 2 aromatic rings. The number of hydrazine groups is 1. The number of ether oxygens (including phenoxy) is 1. The molecule has 0 aliphatic heterocycles. The number of carbonyl (C=O) groups is 2. The highest BCUT2D eigenvalue weighted by atomic mass is 35.5. The Hall–Kier alpha value is -2.73. The van der Waals surface area contributed by atoms with E-state index in [1.165, 1.54) is 18.2 Å². The van der Waals surface area contributed by atoms with Gasteiger partial charge in [0.15, 0.2) is 6.61 Å². The number of phenols is 1. The van der Waals surface area contributed by atoms with Gasteiger partial charge in [-0.25, -0.2) is 0 Å². The monoisotopic (exact) mass is 348 g/mol. The van der Waals surface area contributed by atoms with Crippen LogP contribution in [0, 0.1) is 13.8 Å². The molecule has 2 amide bonds. The predicted octanol–water partition coefficient (Wildman–Crippen LogP) is 2.50. The van der Waals surface area contributed by atoms with Crippen molar-refractivity contribution in [3.8, 4) is 11.5 Å². The highest BCUT2D eigenvalue weighted by Crippen LogP contribution is 2.21. The second-order valence-corrected chi connectivity index (χ2v) is 5.66. The lowest BCUT2D eigenvalue weighted by atomic mass is 10.1. The van der Waals surface area contributed by atoms with Gasteiger partial charge in [-0.15, -0.1) is 0 Å². The molecule has 2 aromatic carbocycles. The van der Waals surface area contributed by atoms with E-state index in [4.69, 9.17) is 16.3 Å². The summed E-state index contributed by atoms with van der Waals surface area (Å²) in [6, 6.07) is 9.70. The van der Waals surface area contributed by atoms with Gasteiger partial charge >= 0.3 is 0 Å². The number of halogens is 1. The van der Waals surface area contributed by atoms with Gasteiger partial charge in [0.25, 0.3) is 11.8 Å². The van der Waals surface area contributed by atoms with Crippen LogP contribution < -0.4 is 15.6 Å². The first kappa shape index (κ1) is 17.6. The molecule has 0 unspecified atom stereocenters. The molecule has 0 aromatic heterocycles. The van der Waals surface area contributed by atoms with Gasteiger partial charge < -0.3 is 9.84 Å². The predicted molar refractivity (Wildman–Crippen MR) is 90.1 cm³/mol. The van der Waals surface area contributed by atoms with E-state index < -0.39 is 11.8 Å². The number of aryl methyl sites for hydroxylation is 2. The second kappa shape index (κ2) is 7.70. The average Bonchev–Trinajstić information content (AvgIpc) is 2.55. The highest BCUT2D eigenvalue weighted by Gasteiger charge is 2.13. The quantitative estimate of drug-likeness (QED) is 0.741. The van der Waals surface area contributed by atoms with Crippen molar-refractivity contribution in [3.63, 3.8) is 0 Å². The summed E-state index contributed by atoms with van der Waals surface area (Å²) in [6.07, 6.45) is 0. The van der Waals surface area contributed by atoms with E-state index in [1.807, 2.05) is 32.0 Å². The Morgan fingerprint density at radius 3 is 2.62 bits per heavy atom. The molecule has 126 valence electrons. The maximum absolute atomic E-state index is 11.9. The molecule has 0 bridgehead atoms. The van der Waals surface area contributed by atoms with E-state index >= 15 is 0 Å². The van der Waals surface area contributed by atoms with E-state index in [0.717, 1.165) is 11.1 Å². The van der Waals surface area contributed by atoms with Gasteiger partial charge in [-0.1, -0.05) is 23.7 Å². The molecule has 0 aliphatic carbocycles. The highest BCUT2D eigenvalue weighted by molar-refractivity contribution is 6.31. The van der Waals surface area contributed by atoms with Crippen LogP contribution in [0.15, 0.2) is 36.4 Å². The summed E-state index contributed by atoms with van der Waals surface area (Å²) in [7, 11) is 0. The first-order valence-corrected chi connectivity index (χ1v) is 7.52. The zero-order valence-electron chi connectivity index (χ0n) is 13.2. The van der Waals surface area contributed by atoms with E-state index in [1.54, 1.807) is 0 Å². The molecule has 0 spiro atoms. The van der Waals surface area contributed by atoms with Crippen LogP contribution in [0.4, 0.5) is 0 Å². The summed E-state index contributed by atoms with van der Waals surface area (Å²) in [5.41, 5.74) is 6.28. The van der Waals surface area contributed by atoms with Crippen molar-refractivity contribution >= 4 is 23.4 Å². The van der Waals surface area contributed by atoms with Gasteiger partial charge in [-0.3, -0.25) is 20.4 Å². The number of phenolic OH excluding ortho intramolecular Hbond substituents is 1. The second-order valence-electron chi connectivity index (χ2n) is 5.22. The fourth-order valence-electron chi connectivity index (χ4n) is 1.93. The van der Waals surface area contributed by atoms with Gasteiger partial charge in [0.1, 0.15) is 11.5 Å². The number of benzene rings is 2. The molecule has 2 rings (SSSR count). The van der Waals surface area contributed by atoms with Crippen LogP contribution in [0.1, 0.15) is 21.5 Å². The Morgan fingerprint density at radius 1 is 1.12 bits per heavy atom. The van der Waals surface area contributed by atoms with E-state index in [2.05, 4.69) is 10.9 Å². The molecular weight excluding hydrogens is 332 g/mol. The van der Waals surface area contributed by atoms with Crippen LogP contribution in [-0.2, 0) is 4.79 Å². The van der Waals surface area contributed by atoms with Crippen LogP contribution in [0.5, 0.6) is 11.5 Å². The van der Waals surface area contributed by atoms with Crippen molar-refractivity contribution in [2.75, 3.05) is 6.61 Å². The van der Waals surface area contributed by atoms with Gasteiger partial charge in [0.05, 0.1) is 5.56 Å². The summed E-state index contributed by atoms with van der Waals surface area (Å²) in [5.74, 6) is -0.859. The van der Waals surface area contributed by atoms with Gasteiger partial charge in [0.2, 0.25) is 0 Å². The van der Waals surface area contributed by atoms with Crippen molar-refractivity contribution in [1.29, 1.82) is 0 Å². The number of aromatic hydroxyl groups is 1. The molecule has 0 saturated carbocycles. The maximum Gasteiger partial charge on any atom is 0.276 e. The van der Waals surface area contributed by atoms with Crippen molar-refractivity contribution in [2.24, 2.45) is 0 Å². The Morgan fingerprint density at radius 2 is 1.88 bits per heavy atom. The summed E-state index contributed by atoms with van der Waals surface area (Å²) < 4.78 is 5.43. The number of amides is 2. The maximum atomic E-state index is 11.9. The summed E-state index contributed by atoms with van der Waals surface area (Å²) in [6.45, 7) is 3.53. The van der Waals surface area contributed by atoms with Crippen LogP contribution >= 0.6 is 11.6 Å². The Balaban J connectivity index is 1.88. The minimum atomic E-state index is -0.685. The summed E-state index contributed by atoms with van der Waals surface area (Å²) in [5, 5.41) is 9.92. The van der Waals surface area contributed by atoms with Crippen molar-refractivity contribution in [2.45, 2.75) is 13.8 Å². The molecule has 0 fully saturated rings. The third-order valence-electron chi connectivity index (χ3n) is 3.22. The molecular formula is C17H17ClN2O4. The number of carbonyl (C=O) groups excluding carboxylic acids is 2. The molecule has 3 N–H and O–H groups in total. The normalized spacial score (nSPS) is 10.1. The summed E-state index contributed by atoms with van der Waals surface area (Å²) in [4.78, 5) is 23.7. The molecule has 24 heavy (non-hydrogen) atoms. The Labute approximate surface area is 144 Å². The third-order valence-corrected chi connectivity index (χ3v) is 3.46. The van der Waals surface area contributed by atoms with Crippen molar-refractivity contribution in [3.05, 3.63) is 58.1 Å². The smallest absolute Gasteiger partial charge is 0.276 e. The van der Waals surface area contributed by atoms with Gasteiger partial charge in [-0.2, -0.15) is 0 Å². The van der Waals surface area contributed by atoms with Crippen molar-refractivity contribution < 1.29 is 19.4 Å². The van der Waals surface area contributed by atoms with Crippen LogP contribution in [0.25, 0.3) is 0 Å². The van der Waals surface area contributed by atoms with Gasteiger partial charge in [-0.05, 0) is 49.2 Å².